The maximum atomic E-state index is 11.5. The monoisotopic (exact) mass is 369 g/mol. The fraction of sp³-hybridized carbons (Fsp3) is 0.364. The number of hydrogen-bond acceptors (Lipinski definition) is 4. The lowest BCUT2D eigenvalue weighted by molar-refractivity contribution is -0.127. The average Bonchev–Trinajstić information content (AvgIpc) is 2.30. The van der Waals surface area contributed by atoms with E-state index in [1.807, 2.05) is 0 Å². The van der Waals surface area contributed by atoms with Crippen LogP contribution in [0.25, 0.3) is 0 Å². The van der Waals surface area contributed by atoms with Crippen LogP contribution in [0.2, 0.25) is 0 Å². The molecule has 1 aromatic carbocycles. The van der Waals surface area contributed by atoms with Gasteiger partial charge in [0.15, 0.2) is 6.10 Å². The van der Waals surface area contributed by atoms with Gasteiger partial charge >= 0.3 is 0 Å². The van der Waals surface area contributed by atoms with Crippen LogP contribution in [0, 0.1) is 0 Å². The third-order valence-electron chi connectivity index (χ3n) is 2.21. The zero-order valence-corrected chi connectivity index (χ0v) is 13.5. The first-order valence-electron chi connectivity index (χ1n) is 5.44. The Morgan fingerprint density at radius 1 is 1.53 bits per heavy atom. The number of amides is 1. The summed E-state index contributed by atoms with van der Waals surface area (Å²) in [5.41, 5.74) is 0. The average molecular weight is 371 g/mol. The molecule has 1 N–H and O–H groups in total. The van der Waals surface area contributed by atoms with E-state index in [1.54, 1.807) is 13.8 Å². The number of nitrogens with one attached hydrogen (secondary N) is 1. The molecule has 19 heavy (non-hydrogen) atoms. The van der Waals surface area contributed by atoms with Crippen molar-refractivity contribution in [3.63, 3.8) is 0 Å². The molecule has 0 spiro atoms. The van der Waals surface area contributed by atoms with E-state index in [-0.39, 0.29) is 10.8 Å². The molecule has 0 bridgehead atoms. The summed E-state index contributed by atoms with van der Waals surface area (Å²) in [4.78, 5) is 11.5. The predicted octanol–water partition coefficient (Wildman–Crippen LogP) is 2.28. The Labute approximate surface area is 124 Å². The van der Waals surface area contributed by atoms with Crippen LogP contribution in [0.5, 0.6) is 5.75 Å². The van der Waals surface area contributed by atoms with Crippen molar-refractivity contribution in [2.24, 2.45) is 0 Å². The van der Waals surface area contributed by atoms with Gasteiger partial charge in [0.1, 0.15) is 5.75 Å². The Morgan fingerprint density at radius 3 is 2.63 bits per heavy atom. The largest absolute Gasteiger partial charge is 0.480 e. The summed E-state index contributed by atoms with van der Waals surface area (Å²) in [6.45, 7) is 3.92. The molecule has 1 aromatic rings. The lowest BCUT2D eigenvalue weighted by Gasteiger charge is -2.15. The quantitative estimate of drug-likeness (QED) is 0.807. The second kappa shape index (κ2) is 6.58. The molecule has 0 fully saturated rings. The first-order valence-corrected chi connectivity index (χ1v) is 8.54. The van der Waals surface area contributed by atoms with Gasteiger partial charge in [-0.3, -0.25) is 4.79 Å². The molecular formula is C11H13BrClNO4S. The molecule has 5 nitrogen and oxygen atoms in total. The van der Waals surface area contributed by atoms with E-state index < -0.39 is 15.2 Å². The van der Waals surface area contributed by atoms with Crippen LogP contribution in [-0.4, -0.2) is 27.0 Å². The summed E-state index contributed by atoms with van der Waals surface area (Å²) < 4.78 is 28.1. The summed E-state index contributed by atoms with van der Waals surface area (Å²) in [5.74, 6) is 0.117. The summed E-state index contributed by atoms with van der Waals surface area (Å²) in [5, 5.41) is 2.62. The maximum Gasteiger partial charge on any atom is 0.261 e. The van der Waals surface area contributed by atoms with Crippen molar-refractivity contribution < 1.29 is 17.9 Å². The maximum absolute atomic E-state index is 11.5. The number of halogens is 2. The van der Waals surface area contributed by atoms with Crippen LogP contribution in [0.15, 0.2) is 27.6 Å². The molecule has 0 aliphatic heterocycles. The van der Waals surface area contributed by atoms with Crippen LogP contribution in [0.3, 0.4) is 0 Å². The molecule has 106 valence electrons. The summed E-state index contributed by atoms with van der Waals surface area (Å²) >= 11 is 3.18. The summed E-state index contributed by atoms with van der Waals surface area (Å²) in [7, 11) is 1.44. The van der Waals surface area contributed by atoms with Gasteiger partial charge in [-0.05, 0) is 48.0 Å². The molecule has 1 atom stereocenters. The van der Waals surface area contributed by atoms with Crippen molar-refractivity contribution in [3.8, 4) is 5.75 Å². The van der Waals surface area contributed by atoms with Gasteiger partial charge < -0.3 is 10.1 Å². The fourth-order valence-electron chi connectivity index (χ4n) is 1.29. The van der Waals surface area contributed by atoms with E-state index in [4.69, 9.17) is 15.4 Å². The Bertz CT molecular complexity index is 576. The third kappa shape index (κ3) is 4.67. The lowest BCUT2D eigenvalue weighted by Crippen LogP contribution is -2.36. The SMILES string of the molecule is CCNC(=O)C(C)Oc1ccc(S(=O)(=O)Cl)cc1Br. The molecule has 0 aliphatic rings. The van der Waals surface area contributed by atoms with Crippen LogP contribution in [0.4, 0.5) is 0 Å². The predicted molar refractivity (Wildman–Crippen MR) is 76.0 cm³/mol. The molecule has 0 radical (unpaired) electrons. The van der Waals surface area contributed by atoms with E-state index in [2.05, 4.69) is 21.2 Å². The van der Waals surface area contributed by atoms with Crippen molar-refractivity contribution >= 4 is 41.6 Å². The van der Waals surface area contributed by atoms with Crippen LogP contribution in [0.1, 0.15) is 13.8 Å². The van der Waals surface area contributed by atoms with Gasteiger partial charge in [0.05, 0.1) is 9.37 Å². The topological polar surface area (TPSA) is 72.5 Å². The highest BCUT2D eigenvalue weighted by molar-refractivity contribution is 9.10. The van der Waals surface area contributed by atoms with Crippen LogP contribution >= 0.6 is 26.6 Å². The van der Waals surface area contributed by atoms with E-state index >= 15 is 0 Å². The third-order valence-corrected chi connectivity index (χ3v) is 4.18. The number of carbonyl (C=O) groups excluding carboxylic acids is 1. The minimum absolute atomic E-state index is 0.0425. The highest BCUT2D eigenvalue weighted by Crippen LogP contribution is 2.29. The Balaban J connectivity index is 2.89. The molecule has 0 aliphatic carbocycles. The standard InChI is InChI=1S/C11H13BrClNO4S/c1-3-14-11(15)7(2)18-10-5-4-8(6-9(10)12)19(13,16)17/h4-7H,3H2,1-2H3,(H,14,15). The first-order chi connectivity index (χ1) is 8.75. The molecule has 0 heterocycles. The van der Waals surface area contributed by atoms with Gasteiger partial charge in [-0.15, -0.1) is 0 Å². The fourth-order valence-corrected chi connectivity index (χ4v) is 2.69. The van der Waals surface area contributed by atoms with Crippen LogP contribution < -0.4 is 10.1 Å². The Kier molecular flexibility index (Phi) is 5.64. The normalized spacial score (nSPS) is 12.8. The number of likely N-dealkylation sites (N-methyl/N-ethyl adjacent to an activating group) is 1. The number of carbonyl (C=O) groups is 1. The zero-order valence-electron chi connectivity index (χ0n) is 10.3. The zero-order chi connectivity index (χ0) is 14.6. The lowest BCUT2D eigenvalue weighted by atomic mass is 10.3. The molecular weight excluding hydrogens is 358 g/mol. The van der Waals surface area contributed by atoms with Crippen molar-refractivity contribution in [2.45, 2.75) is 24.8 Å². The molecule has 1 amide bonds. The van der Waals surface area contributed by atoms with Crippen molar-refractivity contribution in [1.29, 1.82) is 0 Å². The Morgan fingerprint density at radius 2 is 2.16 bits per heavy atom. The molecule has 0 aromatic heterocycles. The van der Waals surface area contributed by atoms with Crippen molar-refractivity contribution in [1.82, 2.24) is 5.32 Å². The minimum Gasteiger partial charge on any atom is -0.480 e. The molecule has 1 rings (SSSR count). The Hall–Kier alpha value is -0.790. The van der Waals surface area contributed by atoms with E-state index in [0.717, 1.165) is 0 Å². The molecule has 0 saturated carbocycles. The van der Waals surface area contributed by atoms with Gasteiger partial charge in [-0.25, -0.2) is 8.42 Å². The molecule has 8 heteroatoms. The summed E-state index contributed by atoms with van der Waals surface area (Å²) in [6.07, 6.45) is -0.685. The number of benzene rings is 1. The minimum atomic E-state index is -3.79. The molecule has 1 unspecified atom stereocenters. The highest BCUT2D eigenvalue weighted by Gasteiger charge is 2.17. The van der Waals surface area contributed by atoms with Gasteiger partial charge in [0.25, 0.3) is 15.0 Å². The van der Waals surface area contributed by atoms with E-state index in [9.17, 15) is 13.2 Å². The summed E-state index contributed by atoms with van der Waals surface area (Å²) in [6, 6.07) is 4.07. The number of hydrogen-bond donors (Lipinski definition) is 1. The van der Waals surface area contributed by atoms with Crippen LogP contribution in [-0.2, 0) is 13.8 Å². The van der Waals surface area contributed by atoms with Gasteiger partial charge in [0, 0.05) is 17.2 Å². The highest BCUT2D eigenvalue weighted by atomic mass is 79.9. The van der Waals surface area contributed by atoms with Gasteiger partial charge in [0.2, 0.25) is 0 Å². The van der Waals surface area contributed by atoms with Crippen molar-refractivity contribution in [2.75, 3.05) is 6.54 Å². The van der Waals surface area contributed by atoms with Gasteiger partial charge in [-0.1, -0.05) is 0 Å². The smallest absolute Gasteiger partial charge is 0.261 e. The molecule has 0 saturated heterocycles. The van der Waals surface area contributed by atoms with E-state index in [1.165, 1.54) is 18.2 Å². The second-order valence-electron chi connectivity index (χ2n) is 3.68. The van der Waals surface area contributed by atoms with Gasteiger partial charge in [-0.2, -0.15) is 0 Å². The van der Waals surface area contributed by atoms with E-state index in [0.29, 0.717) is 16.8 Å². The number of rotatable bonds is 5. The first kappa shape index (κ1) is 16.3. The number of ether oxygens (including phenoxy) is 1. The van der Waals surface area contributed by atoms with Crippen molar-refractivity contribution in [3.05, 3.63) is 22.7 Å². The second-order valence-corrected chi connectivity index (χ2v) is 7.11.